The quantitative estimate of drug-likeness (QED) is 0.562. The number of ether oxygens (including phenoxy) is 1. The van der Waals surface area contributed by atoms with Crippen LogP contribution >= 0.6 is 39.1 Å². The Balaban J connectivity index is 2.07. The minimum Gasteiger partial charge on any atom is -0.458 e. The highest BCUT2D eigenvalue weighted by atomic mass is 79.9. The lowest BCUT2D eigenvalue weighted by Crippen LogP contribution is -2.30. The van der Waals surface area contributed by atoms with E-state index in [-0.39, 0.29) is 16.9 Å². The lowest BCUT2D eigenvalue weighted by atomic mass is 9.97. The van der Waals surface area contributed by atoms with Crippen LogP contribution < -0.4 is 0 Å². The zero-order chi connectivity index (χ0) is 13.1. The van der Waals surface area contributed by atoms with E-state index >= 15 is 0 Å². The monoisotopic (exact) mass is 350 g/mol. The predicted octanol–water partition coefficient (Wildman–Crippen LogP) is 4.86. The summed E-state index contributed by atoms with van der Waals surface area (Å²) in [6, 6.07) is 4.78. The molecule has 0 aliphatic heterocycles. The van der Waals surface area contributed by atoms with E-state index in [1.807, 2.05) is 0 Å². The SMILES string of the molecule is O=C(O[C@@H]1CCCC[C@H]1Br)c1ccc(Cl)cc1Cl. The Hall–Kier alpha value is -0.250. The molecule has 0 heterocycles. The summed E-state index contributed by atoms with van der Waals surface area (Å²) >= 11 is 15.3. The molecule has 0 radical (unpaired) electrons. The Bertz CT molecular complexity index is 451. The van der Waals surface area contributed by atoms with Crippen LogP contribution in [0.2, 0.25) is 10.0 Å². The zero-order valence-electron chi connectivity index (χ0n) is 9.67. The van der Waals surface area contributed by atoms with Gasteiger partial charge in [-0.25, -0.2) is 4.79 Å². The van der Waals surface area contributed by atoms with E-state index in [1.54, 1.807) is 18.2 Å². The third-order valence-electron chi connectivity index (χ3n) is 3.03. The second-order valence-corrected chi connectivity index (χ2v) is 6.39. The Morgan fingerprint density at radius 2 is 2.00 bits per heavy atom. The summed E-state index contributed by atoms with van der Waals surface area (Å²) in [5.41, 5.74) is 0.367. The van der Waals surface area contributed by atoms with E-state index in [2.05, 4.69) is 15.9 Å². The van der Waals surface area contributed by atoms with Crippen molar-refractivity contribution in [3.05, 3.63) is 33.8 Å². The van der Waals surface area contributed by atoms with Gasteiger partial charge in [0.2, 0.25) is 0 Å². The van der Waals surface area contributed by atoms with Crippen molar-refractivity contribution in [2.45, 2.75) is 36.6 Å². The van der Waals surface area contributed by atoms with E-state index in [9.17, 15) is 4.79 Å². The minimum atomic E-state index is -0.381. The first kappa shape index (κ1) is 14.2. The summed E-state index contributed by atoms with van der Waals surface area (Å²) in [6.07, 6.45) is 4.12. The van der Waals surface area contributed by atoms with Crippen LogP contribution in [0.1, 0.15) is 36.0 Å². The van der Waals surface area contributed by atoms with Gasteiger partial charge in [0, 0.05) is 5.02 Å². The number of halogens is 3. The topological polar surface area (TPSA) is 26.3 Å². The molecule has 98 valence electrons. The molecule has 1 fully saturated rings. The first-order valence-corrected chi connectivity index (χ1v) is 7.55. The van der Waals surface area contributed by atoms with E-state index in [0.29, 0.717) is 15.6 Å². The smallest absolute Gasteiger partial charge is 0.339 e. The molecule has 2 nitrogen and oxygen atoms in total. The fourth-order valence-electron chi connectivity index (χ4n) is 2.04. The molecule has 0 bridgehead atoms. The van der Waals surface area contributed by atoms with Crippen LogP contribution in [0.3, 0.4) is 0 Å². The van der Waals surface area contributed by atoms with Gasteiger partial charge in [-0.05, 0) is 37.5 Å². The Kier molecular flexibility index (Phi) is 4.93. The van der Waals surface area contributed by atoms with Gasteiger partial charge >= 0.3 is 5.97 Å². The summed E-state index contributed by atoms with van der Waals surface area (Å²) < 4.78 is 5.50. The maximum Gasteiger partial charge on any atom is 0.339 e. The number of alkyl halides is 1. The Morgan fingerprint density at radius 3 is 2.67 bits per heavy atom. The van der Waals surface area contributed by atoms with Gasteiger partial charge in [0.15, 0.2) is 0 Å². The Labute approximate surface area is 125 Å². The molecule has 0 saturated heterocycles. The lowest BCUT2D eigenvalue weighted by Gasteiger charge is -2.27. The zero-order valence-corrected chi connectivity index (χ0v) is 12.8. The largest absolute Gasteiger partial charge is 0.458 e. The van der Waals surface area contributed by atoms with E-state index in [1.165, 1.54) is 6.42 Å². The first-order chi connectivity index (χ1) is 8.58. The van der Waals surface area contributed by atoms with Crippen molar-refractivity contribution in [3.63, 3.8) is 0 Å². The van der Waals surface area contributed by atoms with Gasteiger partial charge in [0.1, 0.15) is 6.10 Å². The molecule has 1 aromatic carbocycles. The number of rotatable bonds is 2. The van der Waals surface area contributed by atoms with Crippen molar-refractivity contribution in [3.8, 4) is 0 Å². The fourth-order valence-corrected chi connectivity index (χ4v) is 3.22. The van der Waals surface area contributed by atoms with Crippen molar-refractivity contribution < 1.29 is 9.53 Å². The van der Waals surface area contributed by atoms with Crippen molar-refractivity contribution in [1.82, 2.24) is 0 Å². The normalized spacial score (nSPS) is 23.7. The molecule has 2 rings (SSSR count). The number of esters is 1. The third-order valence-corrected chi connectivity index (χ3v) is 4.63. The molecule has 0 amide bonds. The Morgan fingerprint density at radius 1 is 1.28 bits per heavy atom. The lowest BCUT2D eigenvalue weighted by molar-refractivity contribution is 0.0235. The summed E-state index contributed by atoms with van der Waals surface area (Å²) in [7, 11) is 0. The fraction of sp³-hybridized carbons (Fsp3) is 0.462. The van der Waals surface area contributed by atoms with Gasteiger partial charge in [0.05, 0.1) is 15.4 Å². The molecular formula is C13H13BrCl2O2. The minimum absolute atomic E-state index is 0.0713. The van der Waals surface area contributed by atoms with Crippen LogP contribution in [-0.2, 0) is 4.74 Å². The van der Waals surface area contributed by atoms with Crippen molar-refractivity contribution in [2.24, 2.45) is 0 Å². The van der Waals surface area contributed by atoms with E-state index in [0.717, 1.165) is 19.3 Å². The van der Waals surface area contributed by atoms with Crippen molar-refractivity contribution >= 4 is 45.1 Å². The van der Waals surface area contributed by atoms with Crippen LogP contribution in [0.15, 0.2) is 18.2 Å². The van der Waals surface area contributed by atoms with Gasteiger partial charge < -0.3 is 4.74 Å². The summed E-state index contributed by atoms with van der Waals surface area (Å²) in [6.45, 7) is 0. The molecule has 5 heteroatoms. The summed E-state index contributed by atoms with van der Waals surface area (Å²) in [4.78, 5) is 12.3. The van der Waals surface area contributed by atoms with Crippen LogP contribution in [0, 0.1) is 0 Å². The van der Waals surface area contributed by atoms with E-state index in [4.69, 9.17) is 27.9 Å². The maximum absolute atomic E-state index is 12.0. The molecule has 1 aliphatic rings. The van der Waals surface area contributed by atoms with Gasteiger partial charge in [-0.15, -0.1) is 0 Å². The molecular weight excluding hydrogens is 339 g/mol. The molecule has 1 saturated carbocycles. The number of benzene rings is 1. The standard InChI is InChI=1S/C13H13BrCl2O2/c14-10-3-1-2-4-12(10)18-13(17)9-6-5-8(15)7-11(9)16/h5-7,10,12H,1-4H2/t10-,12-/m1/s1. The van der Waals surface area contributed by atoms with Gasteiger partial charge in [-0.1, -0.05) is 45.6 Å². The molecule has 0 aromatic heterocycles. The molecule has 1 aromatic rings. The van der Waals surface area contributed by atoms with Gasteiger partial charge in [-0.2, -0.15) is 0 Å². The highest BCUT2D eigenvalue weighted by molar-refractivity contribution is 9.09. The number of hydrogen-bond acceptors (Lipinski definition) is 2. The highest BCUT2D eigenvalue weighted by Crippen LogP contribution is 2.29. The molecule has 2 atom stereocenters. The van der Waals surface area contributed by atoms with E-state index < -0.39 is 0 Å². The molecule has 0 unspecified atom stereocenters. The molecule has 1 aliphatic carbocycles. The van der Waals surface area contributed by atoms with Crippen LogP contribution in [0.5, 0.6) is 0 Å². The second kappa shape index (κ2) is 6.27. The second-order valence-electron chi connectivity index (χ2n) is 4.37. The van der Waals surface area contributed by atoms with Gasteiger partial charge in [0.25, 0.3) is 0 Å². The molecule has 0 N–H and O–H groups in total. The predicted molar refractivity (Wildman–Crippen MR) is 76.8 cm³/mol. The average Bonchev–Trinajstić information content (AvgIpc) is 2.32. The van der Waals surface area contributed by atoms with Crippen molar-refractivity contribution in [1.29, 1.82) is 0 Å². The molecule has 0 spiro atoms. The average molecular weight is 352 g/mol. The maximum atomic E-state index is 12.0. The van der Waals surface area contributed by atoms with Crippen molar-refractivity contribution in [2.75, 3.05) is 0 Å². The van der Waals surface area contributed by atoms with Crippen LogP contribution in [0.25, 0.3) is 0 Å². The third kappa shape index (κ3) is 3.40. The summed E-state index contributed by atoms with van der Waals surface area (Å²) in [5, 5.41) is 0.835. The number of hydrogen-bond donors (Lipinski definition) is 0. The highest BCUT2D eigenvalue weighted by Gasteiger charge is 2.27. The molecule has 18 heavy (non-hydrogen) atoms. The summed E-state index contributed by atoms with van der Waals surface area (Å²) in [5.74, 6) is -0.381. The number of carbonyl (C=O) groups is 1. The van der Waals surface area contributed by atoms with Crippen LogP contribution in [-0.4, -0.2) is 16.9 Å². The number of carbonyl (C=O) groups excluding carboxylic acids is 1. The van der Waals surface area contributed by atoms with Gasteiger partial charge in [-0.3, -0.25) is 0 Å². The van der Waals surface area contributed by atoms with Crippen LogP contribution in [0.4, 0.5) is 0 Å². The first-order valence-electron chi connectivity index (χ1n) is 5.88.